The highest BCUT2D eigenvalue weighted by Gasteiger charge is 2.19. The molecule has 0 saturated carbocycles. The largest absolute Gasteiger partial charge is 0.507 e. The third-order valence-electron chi connectivity index (χ3n) is 6.59. The van der Waals surface area contributed by atoms with Crippen molar-refractivity contribution in [3.63, 3.8) is 0 Å². The second kappa shape index (κ2) is 13.1. The molecular formula is C32H35NO7. The number of ether oxygens (including phenoxy) is 3. The van der Waals surface area contributed by atoms with Crippen LogP contribution in [0.1, 0.15) is 59.6 Å². The summed E-state index contributed by atoms with van der Waals surface area (Å²) in [5, 5.41) is 24.2. The van der Waals surface area contributed by atoms with E-state index in [1.165, 1.54) is 6.07 Å². The number of carboxylic acid groups (broad SMARTS) is 1. The van der Waals surface area contributed by atoms with E-state index in [-0.39, 0.29) is 17.1 Å². The molecule has 0 aliphatic carbocycles. The first-order valence-electron chi connectivity index (χ1n) is 13.5. The molecule has 0 atom stereocenters. The summed E-state index contributed by atoms with van der Waals surface area (Å²) >= 11 is 0. The maximum absolute atomic E-state index is 11.6. The third-order valence-corrected chi connectivity index (χ3v) is 6.59. The number of benzene rings is 3. The molecular weight excluding hydrogens is 510 g/mol. The molecule has 210 valence electrons. The zero-order valence-electron chi connectivity index (χ0n) is 23.3. The molecule has 0 saturated heterocycles. The van der Waals surface area contributed by atoms with Crippen molar-refractivity contribution in [1.82, 2.24) is 5.16 Å². The van der Waals surface area contributed by atoms with Gasteiger partial charge >= 0.3 is 5.97 Å². The Kier molecular flexibility index (Phi) is 9.32. The van der Waals surface area contributed by atoms with Crippen LogP contribution in [0.2, 0.25) is 0 Å². The molecule has 0 fully saturated rings. The predicted octanol–water partition coefficient (Wildman–Crippen LogP) is 7.52. The van der Waals surface area contributed by atoms with E-state index in [1.54, 1.807) is 24.3 Å². The summed E-state index contributed by atoms with van der Waals surface area (Å²) in [5.74, 6) is 1.92. The Bertz CT molecular complexity index is 1450. The quantitative estimate of drug-likeness (QED) is 0.166. The van der Waals surface area contributed by atoms with Crippen LogP contribution in [0.4, 0.5) is 0 Å². The summed E-state index contributed by atoms with van der Waals surface area (Å²) < 4.78 is 23.5. The first-order valence-corrected chi connectivity index (χ1v) is 13.5. The Morgan fingerprint density at radius 3 is 2.30 bits per heavy atom. The van der Waals surface area contributed by atoms with Gasteiger partial charge in [0.05, 0.1) is 24.5 Å². The predicted molar refractivity (Wildman–Crippen MR) is 152 cm³/mol. The minimum atomic E-state index is -1.04. The van der Waals surface area contributed by atoms with Crippen molar-refractivity contribution in [2.75, 3.05) is 13.2 Å². The molecule has 1 aromatic heterocycles. The molecule has 0 aliphatic rings. The van der Waals surface area contributed by atoms with Crippen LogP contribution >= 0.6 is 0 Å². The van der Waals surface area contributed by atoms with Crippen molar-refractivity contribution in [3.8, 4) is 39.9 Å². The number of aromatic carboxylic acids is 1. The van der Waals surface area contributed by atoms with Crippen molar-refractivity contribution >= 4 is 5.97 Å². The van der Waals surface area contributed by atoms with Gasteiger partial charge in [0.2, 0.25) is 0 Å². The lowest BCUT2D eigenvalue weighted by atomic mass is 9.99. The molecule has 4 aromatic rings. The van der Waals surface area contributed by atoms with Gasteiger partial charge in [-0.3, -0.25) is 0 Å². The normalized spacial score (nSPS) is 10.9. The molecule has 8 heteroatoms. The molecule has 8 nitrogen and oxygen atoms in total. The number of carboxylic acids is 1. The molecule has 0 spiro atoms. The van der Waals surface area contributed by atoms with E-state index in [0.717, 1.165) is 35.2 Å². The number of phenols is 1. The Hall–Kier alpha value is -4.46. The van der Waals surface area contributed by atoms with Crippen LogP contribution in [0.25, 0.3) is 11.1 Å². The summed E-state index contributed by atoms with van der Waals surface area (Å²) in [5.41, 5.74) is 4.17. The number of phenolic OH excluding ortho intramolecular Hbond substituents is 1. The van der Waals surface area contributed by atoms with E-state index in [9.17, 15) is 15.0 Å². The van der Waals surface area contributed by atoms with E-state index in [4.69, 9.17) is 18.7 Å². The maximum atomic E-state index is 11.6. The number of aromatic hydroxyl groups is 1. The molecule has 0 aliphatic heterocycles. The molecule has 0 bridgehead atoms. The minimum absolute atomic E-state index is 0.102. The SMILES string of the molecule is CCCc1c(OCCCOc2cc(O)c(-c3c(C)noc3C)cc2CC)cccc1Oc1ccccc1C(=O)O. The molecule has 0 radical (unpaired) electrons. The maximum Gasteiger partial charge on any atom is 0.339 e. The Morgan fingerprint density at radius 1 is 0.925 bits per heavy atom. The minimum Gasteiger partial charge on any atom is -0.507 e. The number of hydrogen-bond donors (Lipinski definition) is 2. The summed E-state index contributed by atoms with van der Waals surface area (Å²) in [6.07, 6.45) is 2.94. The van der Waals surface area contributed by atoms with Crippen LogP contribution in [0.5, 0.6) is 28.7 Å². The summed E-state index contributed by atoms with van der Waals surface area (Å²) in [6, 6.07) is 15.7. The van der Waals surface area contributed by atoms with Crippen molar-refractivity contribution in [3.05, 3.63) is 82.7 Å². The fourth-order valence-electron chi connectivity index (χ4n) is 4.64. The van der Waals surface area contributed by atoms with E-state index in [0.29, 0.717) is 54.6 Å². The third kappa shape index (κ3) is 6.39. The monoisotopic (exact) mass is 545 g/mol. The van der Waals surface area contributed by atoms with E-state index < -0.39 is 5.97 Å². The standard InChI is InChI=1S/C32H35NO7/c1-5-11-23-27(14-9-15-28(23)39-29-13-8-7-12-24(29)32(35)36)37-16-10-17-38-30-19-26(34)25(18-22(30)6-2)31-20(3)33-40-21(31)4/h7-9,12-15,18-19,34H,5-6,10-11,16-17H2,1-4H3,(H,35,36). The van der Waals surface area contributed by atoms with Crippen LogP contribution in [-0.2, 0) is 12.8 Å². The lowest BCUT2D eigenvalue weighted by Gasteiger charge is -2.17. The first-order chi connectivity index (χ1) is 19.3. The van der Waals surface area contributed by atoms with Crippen molar-refractivity contribution in [2.24, 2.45) is 0 Å². The van der Waals surface area contributed by atoms with Crippen molar-refractivity contribution < 1.29 is 33.7 Å². The first kappa shape index (κ1) is 28.5. The smallest absolute Gasteiger partial charge is 0.339 e. The van der Waals surface area contributed by atoms with Gasteiger partial charge in [-0.05, 0) is 62.6 Å². The van der Waals surface area contributed by atoms with Crippen LogP contribution in [0, 0.1) is 13.8 Å². The Labute approximate surface area is 234 Å². The second-order valence-corrected chi connectivity index (χ2v) is 9.47. The van der Waals surface area contributed by atoms with Crippen LogP contribution in [0.15, 0.2) is 59.1 Å². The lowest BCUT2D eigenvalue weighted by Crippen LogP contribution is -2.08. The molecule has 40 heavy (non-hydrogen) atoms. The average Bonchev–Trinajstić information content (AvgIpc) is 3.27. The van der Waals surface area contributed by atoms with Gasteiger partial charge in [0.25, 0.3) is 0 Å². The van der Waals surface area contributed by atoms with Gasteiger partial charge in [0, 0.05) is 23.6 Å². The molecule has 0 amide bonds. The van der Waals surface area contributed by atoms with E-state index in [1.807, 2.05) is 45.0 Å². The highest BCUT2D eigenvalue weighted by atomic mass is 16.5. The molecule has 4 rings (SSSR count). The van der Waals surface area contributed by atoms with Gasteiger partial charge in [-0.2, -0.15) is 0 Å². The number of carbonyl (C=O) groups is 1. The number of para-hydroxylation sites is 1. The number of nitrogens with zero attached hydrogens (tertiary/aromatic N) is 1. The number of rotatable bonds is 13. The second-order valence-electron chi connectivity index (χ2n) is 9.47. The number of hydrogen-bond acceptors (Lipinski definition) is 7. The molecule has 1 heterocycles. The lowest BCUT2D eigenvalue weighted by molar-refractivity contribution is 0.0694. The average molecular weight is 546 g/mol. The van der Waals surface area contributed by atoms with Crippen molar-refractivity contribution in [2.45, 2.75) is 53.4 Å². The van der Waals surface area contributed by atoms with E-state index in [2.05, 4.69) is 12.1 Å². The van der Waals surface area contributed by atoms with Crippen LogP contribution < -0.4 is 14.2 Å². The molecule has 3 aromatic carbocycles. The van der Waals surface area contributed by atoms with Gasteiger partial charge in [-0.1, -0.05) is 43.6 Å². The fraction of sp³-hybridized carbons (Fsp3) is 0.312. The Balaban J connectivity index is 1.41. The fourth-order valence-corrected chi connectivity index (χ4v) is 4.64. The molecule has 0 unspecified atom stereocenters. The van der Waals surface area contributed by atoms with Crippen LogP contribution in [-0.4, -0.2) is 34.6 Å². The van der Waals surface area contributed by atoms with Gasteiger partial charge < -0.3 is 28.9 Å². The highest BCUT2D eigenvalue weighted by molar-refractivity contribution is 5.91. The van der Waals surface area contributed by atoms with E-state index >= 15 is 0 Å². The van der Waals surface area contributed by atoms with Crippen molar-refractivity contribution in [1.29, 1.82) is 0 Å². The van der Waals surface area contributed by atoms with Gasteiger partial charge in [0.15, 0.2) is 0 Å². The highest BCUT2D eigenvalue weighted by Crippen LogP contribution is 2.39. The summed E-state index contributed by atoms with van der Waals surface area (Å²) in [4.78, 5) is 11.6. The summed E-state index contributed by atoms with van der Waals surface area (Å²) in [7, 11) is 0. The van der Waals surface area contributed by atoms with Crippen LogP contribution in [0.3, 0.4) is 0 Å². The number of aromatic nitrogens is 1. The Morgan fingerprint density at radius 2 is 1.62 bits per heavy atom. The molecule has 2 N–H and O–H groups in total. The zero-order chi connectivity index (χ0) is 28.6. The zero-order valence-corrected chi connectivity index (χ0v) is 23.3. The summed E-state index contributed by atoms with van der Waals surface area (Å²) in [6.45, 7) is 8.60. The topological polar surface area (TPSA) is 111 Å². The number of aryl methyl sites for hydroxylation is 3. The van der Waals surface area contributed by atoms with Gasteiger partial charge in [-0.15, -0.1) is 0 Å². The van der Waals surface area contributed by atoms with Gasteiger partial charge in [-0.25, -0.2) is 4.79 Å². The van der Waals surface area contributed by atoms with Gasteiger partial charge in [0.1, 0.15) is 40.1 Å².